The van der Waals surface area contributed by atoms with Gasteiger partial charge in [0.05, 0.1) is 0 Å². The Morgan fingerprint density at radius 3 is 2.81 bits per heavy atom. The van der Waals surface area contributed by atoms with Gasteiger partial charge in [-0.05, 0) is 31.4 Å². The number of aryl methyl sites for hydroxylation is 1. The van der Waals surface area contributed by atoms with Crippen molar-refractivity contribution in [3.8, 4) is 0 Å². The van der Waals surface area contributed by atoms with E-state index in [1.807, 2.05) is 13.0 Å². The molecule has 0 saturated heterocycles. The lowest BCUT2D eigenvalue weighted by atomic mass is 10.1. The van der Waals surface area contributed by atoms with Gasteiger partial charge in [0.1, 0.15) is 12.1 Å². The Labute approximate surface area is 121 Å². The minimum atomic E-state index is -0.192. The molecule has 1 aromatic heterocycles. The first kappa shape index (κ1) is 14.8. The molecule has 1 aromatic carbocycles. The summed E-state index contributed by atoms with van der Waals surface area (Å²) in [6.07, 6.45) is 3.15. The molecule has 2 N–H and O–H groups in total. The third-order valence-electron chi connectivity index (χ3n) is 2.94. The van der Waals surface area contributed by atoms with Gasteiger partial charge in [-0.15, -0.1) is 0 Å². The largest absolute Gasteiger partial charge is 0.352 e. The summed E-state index contributed by atoms with van der Waals surface area (Å²) in [7, 11) is 0. The number of hydrogen-bond donors (Lipinski definition) is 2. The van der Waals surface area contributed by atoms with E-state index in [1.54, 1.807) is 12.1 Å². The van der Waals surface area contributed by atoms with Gasteiger partial charge in [0.2, 0.25) is 18.3 Å². The average Bonchev–Trinajstić information content (AvgIpc) is 2.47. The van der Waals surface area contributed by atoms with Crippen LogP contribution in [0.4, 0.5) is 16.3 Å². The van der Waals surface area contributed by atoms with Crippen LogP contribution in [0.1, 0.15) is 18.9 Å². The normalized spacial score (nSPS) is 11.7. The quantitative estimate of drug-likeness (QED) is 0.762. The van der Waals surface area contributed by atoms with Crippen molar-refractivity contribution < 1.29 is 9.18 Å². The van der Waals surface area contributed by atoms with Crippen molar-refractivity contribution in [2.75, 3.05) is 10.6 Å². The molecule has 0 aliphatic rings. The summed E-state index contributed by atoms with van der Waals surface area (Å²) in [5, 5.41) is 5.44. The molecule has 21 heavy (non-hydrogen) atoms. The van der Waals surface area contributed by atoms with Gasteiger partial charge in [0.15, 0.2) is 0 Å². The third-order valence-corrected chi connectivity index (χ3v) is 2.94. The van der Waals surface area contributed by atoms with Crippen molar-refractivity contribution in [1.29, 1.82) is 0 Å². The second-order valence-corrected chi connectivity index (χ2v) is 4.57. The predicted octanol–water partition coefficient (Wildman–Crippen LogP) is 2.01. The first-order chi connectivity index (χ1) is 10.2. The van der Waals surface area contributed by atoms with Gasteiger partial charge in [0, 0.05) is 6.04 Å². The monoisotopic (exact) mass is 289 g/mol. The van der Waals surface area contributed by atoms with Crippen LogP contribution in [0, 0.1) is 5.82 Å². The second-order valence-electron chi connectivity index (χ2n) is 4.57. The second kappa shape index (κ2) is 7.28. The van der Waals surface area contributed by atoms with Gasteiger partial charge in [-0.25, -0.2) is 14.4 Å². The SMILES string of the molecule is CC(CCc1ccccc1F)Nc1ncnc(NC=O)n1. The highest BCUT2D eigenvalue weighted by Gasteiger charge is 2.08. The van der Waals surface area contributed by atoms with Crippen LogP contribution in [0.25, 0.3) is 0 Å². The first-order valence-electron chi connectivity index (χ1n) is 6.58. The van der Waals surface area contributed by atoms with Gasteiger partial charge in [0.25, 0.3) is 0 Å². The summed E-state index contributed by atoms with van der Waals surface area (Å²) in [5.41, 5.74) is 0.685. The van der Waals surface area contributed by atoms with Crippen LogP contribution in [0.15, 0.2) is 30.6 Å². The number of anilines is 2. The van der Waals surface area contributed by atoms with Crippen LogP contribution in [-0.4, -0.2) is 27.4 Å². The summed E-state index contributed by atoms with van der Waals surface area (Å²) in [5.74, 6) is 0.363. The molecule has 0 aliphatic heterocycles. The van der Waals surface area contributed by atoms with Crippen LogP contribution in [-0.2, 0) is 11.2 Å². The van der Waals surface area contributed by atoms with Crippen molar-refractivity contribution >= 4 is 18.3 Å². The maximum atomic E-state index is 13.5. The topological polar surface area (TPSA) is 79.8 Å². The maximum Gasteiger partial charge on any atom is 0.233 e. The number of nitrogens with one attached hydrogen (secondary N) is 2. The van der Waals surface area contributed by atoms with Crippen molar-refractivity contribution in [2.45, 2.75) is 25.8 Å². The lowest BCUT2D eigenvalue weighted by Crippen LogP contribution is -2.18. The summed E-state index contributed by atoms with van der Waals surface area (Å²) in [4.78, 5) is 22.1. The fourth-order valence-electron chi connectivity index (χ4n) is 1.85. The highest BCUT2D eigenvalue weighted by Crippen LogP contribution is 2.12. The Hall–Kier alpha value is -2.57. The molecule has 0 saturated carbocycles. The Kier molecular flexibility index (Phi) is 5.14. The van der Waals surface area contributed by atoms with E-state index in [0.29, 0.717) is 24.3 Å². The van der Waals surface area contributed by atoms with E-state index in [9.17, 15) is 9.18 Å². The molecule has 2 rings (SSSR count). The maximum absolute atomic E-state index is 13.5. The summed E-state index contributed by atoms with van der Waals surface area (Å²) in [6.45, 7) is 1.96. The molecule has 1 heterocycles. The van der Waals surface area contributed by atoms with Crippen molar-refractivity contribution in [2.24, 2.45) is 0 Å². The molecule has 0 spiro atoms. The van der Waals surface area contributed by atoms with E-state index in [1.165, 1.54) is 12.4 Å². The van der Waals surface area contributed by atoms with E-state index in [0.717, 1.165) is 6.42 Å². The van der Waals surface area contributed by atoms with Crippen LogP contribution in [0.5, 0.6) is 0 Å². The first-order valence-corrected chi connectivity index (χ1v) is 6.58. The molecule has 0 fully saturated rings. The highest BCUT2D eigenvalue weighted by molar-refractivity contribution is 5.66. The molecule has 7 heteroatoms. The lowest BCUT2D eigenvalue weighted by molar-refractivity contribution is -0.105. The number of halogens is 1. The summed E-state index contributed by atoms with van der Waals surface area (Å²) >= 11 is 0. The molecule has 2 aromatic rings. The van der Waals surface area contributed by atoms with Crippen molar-refractivity contribution in [3.63, 3.8) is 0 Å². The minimum absolute atomic E-state index is 0.0519. The van der Waals surface area contributed by atoms with E-state index < -0.39 is 0 Å². The standard InChI is InChI=1S/C14H16FN5O/c1-10(6-7-11-4-2-3-5-12(11)15)19-14-17-8-16-13(20-14)18-9-21/h2-5,8-10H,6-7H2,1H3,(H2,16,17,18,19,20,21). The molecular weight excluding hydrogens is 273 g/mol. The minimum Gasteiger partial charge on any atom is -0.352 e. The molecule has 1 atom stereocenters. The summed E-state index contributed by atoms with van der Waals surface area (Å²) < 4.78 is 13.5. The van der Waals surface area contributed by atoms with Crippen molar-refractivity contribution in [3.05, 3.63) is 42.0 Å². The average molecular weight is 289 g/mol. The molecule has 0 radical (unpaired) electrons. The molecule has 110 valence electrons. The molecule has 1 amide bonds. The number of rotatable bonds is 7. The Balaban J connectivity index is 1.89. The lowest BCUT2D eigenvalue weighted by Gasteiger charge is -2.14. The molecule has 6 nitrogen and oxygen atoms in total. The zero-order valence-corrected chi connectivity index (χ0v) is 11.6. The third kappa shape index (κ3) is 4.48. The number of hydrogen-bond acceptors (Lipinski definition) is 5. The van der Waals surface area contributed by atoms with Crippen LogP contribution >= 0.6 is 0 Å². The molecule has 0 bridgehead atoms. The molecular formula is C14H16FN5O. The van der Waals surface area contributed by atoms with E-state index in [-0.39, 0.29) is 17.8 Å². The smallest absolute Gasteiger partial charge is 0.233 e. The number of carbonyl (C=O) groups excluding carboxylic acids is 1. The Morgan fingerprint density at radius 2 is 2.05 bits per heavy atom. The zero-order chi connectivity index (χ0) is 15.1. The van der Waals surface area contributed by atoms with E-state index in [4.69, 9.17) is 0 Å². The number of nitrogens with zero attached hydrogens (tertiary/aromatic N) is 3. The Bertz CT molecular complexity index is 607. The Morgan fingerprint density at radius 1 is 1.29 bits per heavy atom. The van der Waals surface area contributed by atoms with Gasteiger partial charge < -0.3 is 5.32 Å². The van der Waals surface area contributed by atoms with Gasteiger partial charge in [-0.3, -0.25) is 10.1 Å². The van der Waals surface area contributed by atoms with Crippen LogP contribution < -0.4 is 10.6 Å². The van der Waals surface area contributed by atoms with E-state index in [2.05, 4.69) is 25.6 Å². The fraction of sp³-hybridized carbons (Fsp3) is 0.286. The van der Waals surface area contributed by atoms with Crippen LogP contribution in [0.2, 0.25) is 0 Å². The number of aromatic nitrogens is 3. The number of benzene rings is 1. The molecule has 0 aliphatic carbocycles. The van der Waals surface area contributed by atoms with Gasteiger partial charge in [-0.1, -0.05) is 18.2 Å². The van der Waals surface area contributed by atoms with Crippen LogP contribution in [0.3, 0.4) is 0 Å². The van der Waals surface area contributed by atoms with Gasteiger partial charge in [-0.2, -0.15) is 4.98 Å². The predicted molar refractivity (Wildman–Crippen MR) is 77.3 cm³/mol. The zero-order valence-electron chi connectivity index (χ0n) is 11.6. The van der Waals surface area contributed by atoms with E-state index >= 15 is 0 Å². The van der Waals surface area contributed by atoms with Gasteiger partial charge >= 0.3 is 0 Å². The number of amides is 1. The number of carbonyl (C=O) groups is 1. The highest BCUT2D eigenvalue weighted by atomic mass is 19.1. The summed E-state index contributed by atoms with van der Waals surface area (Å²) in [6, 6.07) is 6.77. The fourth-order valence-corrected chi connectivity index (χ4v) is 1.85. The van der Waals surface area contributed by atoms with Crippen molar-refractivity contribution in [1.82, 2.24) is 15.0 Å². The molecule has 1 unspecified atom stereocenters.